The van der Waals surface area contributed by atoms with Crippen molar-refractivity contribution in [2.45, 2.75) is 19.0 Å². The normalized spacial score (nSPS) is 11.7. The fourth-order valence-corrected chi connectivity index (χ4v) is 3.48. The average molecular weight is 539 g/mol. The quantitative estimate of drug-likeness (QED) is 0.273. The van der Waals surface area contributed by atoms with Crippen molar-refractivity contribution < 1.29 is 27.5 Å². The number of nitrogens with one attached hydrogen (secondary N) is 4. The number of alkyl halides is 2. The summed E-state index contributed by atoms with van der Waals surface area (Å²) in [4.78, 5) is 30.2. The lowest BCUT2D eigenvalue weighted by molar-refractivity contribution is 0.102. The van der Waals surface area contributed by atoms with Crippen molar-refractivity contribution in [1.29, 1.82) is 0 Å². The summed E-state index contributed by atoms with van der Waals surface area (Å²) >= 11 is 5.91. The van der Waals surface area contributed by atoms with E-state index < -0.39 is 37.0 Å². The molecule has 3 aromatic rings. The van der Waals surface area contributed by atoms with Gasteiger partial charge in [-0.1, -0.05) is 48.0 Å². The predicted molar refractivity (Wildman–Crippen MR) is 134 cm³/mol. The number of pyridine rings is 1. The van der Waals surface area contributed by atoms with E-state index in [9.17, 15) is 22.8 Å². The molecule has 0 saturated carbocycles. The molecule has 0 aliphatic heterocycles. The Kier molecular flexibility index (Phi) is 10.2. The van der Waals surface area contributed by atoms with E-state index in [4.69, 9.17) is 16.3 Å². The largest absolute Gasteiger partial charge is 0.446 e. The molecule has 198 valence electrons. The van der Waals surface area contributed by atoms with Crippen molar-refractivity contribution in [2.24, 2.45) is 0 Å². The lowest BCUT2D eigenvalue weighted by Gasteiger charge is -2.28. The molecule has 37 heavy (non-hydrogen) atoms. The predicted octanol–water partition coefficient (Wildman–Crippen LogP) is 4.15. The Balaban J connectivity index is 1.54. The number of rotatable bonds is 11. The van der Waals surface area contributed by atoms with Gasteiger partial charge in [0.2, 0.25) is 0 Å². The molecule has 0 radical (unpaired) electrons. The van der Waals surface area contributed by atoms with E-state index >= 15 is 0 Å². The van der Waals surface area contributed by atoms with Gasteiger partial charge < -0.3 is 20.3 Å². The molecule has 0 unspecified atom stereocenters. The molecule has 9 nitrogen and oxygen atoms in total. The Labute approximate surface area is 216 Å². The smallest absolute Gasteiger partial charge is 0.426 e. The minimum atomic E-state index is -2.60. The number of benzene rings is 2. The van der Waals surface area contributed by atoms with Crippen LogP contribution in [0.4, 0.5) is 28.6 Å². The molecule has 0 saturated heterocycles. The summed E-state index contributed by atoms with van der Waals surface area (Å²) in [6.07, 6.45) is -1.83. The molecule has 0 aliphatic carbocycles. The molecule has 3 amide bonds. The van der Waals surface area contributed by atoms with E-state index in [2.05, 4.69) is 26.5 Å². The number of anilines is 1. The number of likely N-dealkylation sites (N-methyl/N-ethyl adjacent to an activating group) is 1. The summed E-state index contributed by atoms with van der Waals surface area (Å²) in [7, 11) is 1.41. The molecule has 2 aromatic carbocycles. The van der Waals surface area contributed by atoms with E-state index in [1.54, 1.807) is 18.3 Å². The van der Waals surface area contributed by atoms with Crippen LogP contribution in [0.15, 0.2) is 54.7 Å². The first-order valence-electron chi connectivity index (χ1n) is 11.2. The van der Waals surface area contributed by atoms with E-state index in [1.165, 1.54) is 24.1 Å². The number of fused-ring (bicyclic) bond motifs is 1. The molecule has 0 spiro atoms. The van der Waals surface area contributed by atoms with Gasteiger partial charge in [0.1, 0.15) is 18.2 Å². The Hall–Kier alpha value is -3.77. The zero-order valence-electron chi connectivity index (χ0n) is 19.8. The summed E-state index contributed by atoms with van der Waals surface area (Å²) in [5, 5.41) is 6.83. The van der Waals surface area contributed by atoms with Crippen LogP contribution in [0.2, 0.25) is 5.02 Å². The third-order valence-corrected chi connectivity index (χ3v) is 5.76. The minimum Gasteiger partial charge on any atom is -0.446 e. The maximum absolute atomic E-state index is 13.6. The number of hydrazine groups is 1. The van der Waals surface area contributed by atoms with Gasteiger partial charge in [0.05, 0.1) is 17.6 Å². The van der Waals surface area contributed by atoms with Crippen LogP contribution in [0.25, 0.3) is 10.8 Å². The molecular weight excluding hydrogens is 513 g/mol. The number of amides is 3. The Morgan fingerprint density at radius 3 is 2.62 bits per heavy atom. The first kappa shape index (κ1) is 27.8. The van der Waals surface area contributed by atoms with Crippen molar-refractivity contribution >= 4 is 40.3 Å². The van der Waals surface area contributed by atoms with Crippen LogP contribution < -0.4 is 21.5 Å². The maximum atomic E-state index is 13.6. The lowest BCUT2D eigenvalue weighted by atomic mass is 10.2. The summed E-state index contributed by atoms with van der Waals surface area (Å²) in [6, 6.07) is 12.1. The average Bonchev–Trinajstić information content (AvgIpc) is 2.89. The van der Waals surface area contributed by atoms with Crippen molar-refractivity contribution in [3.63, 3.8) is 0 Å². The molecular formula is C24H26ClF3N6O3. The van der Waals surface area contributed by atoms with Crippen molar-refractivity contribution in [2.75, 3.05) is 32.2 Å². The number of nitrogens with zero attached hydrogens (tertiary/aromatic N) is 2. The number of carbonyl (C=O) groups is 2. The molecule has 3 rings (SSSR count). The zero-order chi connectivity index (χ0) is 26.8. The Morgan fingerprint density at radius 1 is 1.11 bits per heavy atom. The van der Waals surface area contributed by atoms with E-state index in [0.29, 0.717) is 11.4 Å². The monoisotopic (exact) mass is 538 g/mol. The van der Waals surface area contributed by atoms with E-state index in [0.717, 1.165) is 10.8 Å². The van der Waals surface area contributed by atoms with Gasteiger partial charge in [-0.15, -0.1) is 0 Å². The number of carbonyl (C=O) groups excluding carboxylic acids is 2. The Morgan fingerprint density at radius 2 is 1.86 bits per heavy atom. The fraction of sp³-hybridized carbons (Fsp3) is 0.292. The second kappa shape index (κ2) is 13.5. The van der Waals surface area contributed by atoms with Crippen LogP contribution in [-0.2, 0) is 11.3 Å². The minimum absolute atomic E-state index is 0.0685. The number of hydrogen-bond acceptors (Lipinski definition) is 6. The molecule has 1 atom stereocenters. The van der Waals surface area contributed by atoms with Crippen molar-refractivity contribution in [3.05, 3.63) is 71.1 Å². The molecule has 4 N–H and O–H groups in total. The van der Waals surface area contributed by atoms with Gasteiger partial charge in [-0.25, -0.2) is 33.2 Å². The van der Waals surface area contributed by atoms with Crippen molar-refractivity contribution in [3.8, 4) is 0 Å². The summed E-state index contributed by atoms with van der Waals surface area (Å²) in [5.74, 6) is -0.249. The molecule has 13 heteroatoms. The number of urea groups is 1. The van der Waals surface area contributed by atoms with Crippen LogP contribution in [-0.4, -0.2) is 61.2 Å². The molecule has 1 aromatic heterocycles. The highest BCUT2D eigenvalue weighted by Crippen LogP contribution is 2.19. The van der Waals surface area contributed by atoms with Crippen LogP contribution in [0.5, 0.6) is 0 Å². The fourth-order valence-electron chi connectivity index (χ4n) is 3.29. The highest BCUT2D eigenvalue weighted by Gasteiger charge is 2.22. The van der Waals surface area contributed by atoms with Gasteiger partial charge in [0, 0.05) is 31.7 Å². The SMILES string of the molecule is CN(C(=O)NCc1cccc(F)c1Cl)[C@@H](CNCC(F)F)COC(=O)NNc1cc2ccccc2cn1. The number of hydrogen-bond donors (Lipinski definition) is 4. The van der Waals surface area contributed by atoms with Crippen LogP contribution >= 0.6 is 11.6 Å². The topological polar surface area (TPSA) is 108 Å². The third kappa shape index (κ3) is 8.40. The maximum Gasteiger partial charge on any atom is 0.426 e. The first-order chi connectivity index (χ1) is 17.7. The summed E-state index contributed by atoms with van der Waals surface area (Å²) in [5.41, 5.74) is 5.33. The zero-order valence-corrected chi connectivity index (χ0v) is 20.6. The first-order valence-corrected chi connectivity index (χ1v) is 11.6. The number of halogens is 4. The van der Waals surface area contributed by atoms with Gasteiger partial charge in [-0.3, -0.25) is 5.43 Å². The Bertz CT molecular complexity index is 1220. The number of ether oxygens (including phenoxy) is 1. The van der Waals surface area contributed by atoms with E-state index in [-0.39, 0.29) is 24.7 Å². The summed E-state index contributed by atoms with van der Waals surface area (Å²) < 4.78 is 44.0. The second-order valence-corrected chi connectivity index (χ2v) is 8.33. The van der Waals surface area contributed by atoms with Gasteiger partial charge >= 0.3 is 12.1 Å². The van der Waals surface area contributed by atoms with Crippen LogP contribution in [0, 0.1) is 5.82 Å². The lowest BCUT2D eigenvalue weighted by Crippen LogP contribution is -2.51. The van der Waals surface area contributed by atoms with Crippen LogP contribution in [0.1, 0.15) is 5.56 Å². The second-order valence-electron chi connectivity index (χ2n) is 7.95. The standard InChI is InChI=1S/C24H26ClF3N6O3/c1-34(23(35)31-11-17-7-4-8-19(26)22(17)25)18(12-29-13-20(27)28)14-37-24(36)33-32-21-9-15-5-2-3-6-16(15)10-30-21/h2-10,18,20,29H,11-14H2,1H3,(H,30,32)(H,31,35)(H,33,36)/t18-/m0/s1. The van der Waals surface area contributed by atoms with Gasteiger partial charge in [-0.05, 0) is 23.1 Å². The number of aromatic nitrogens is 1. The van der Waals surface area contributed by atoms with Gasteiger partial charge in [-0.2, -0.15) is 0 Å². The van der Waals surface area contributed by atoms with Gasteiger partial charge in [0.25, 0.3) is 6.43 Å². The van der Waals surface area contributed by atoms with Gasteiger partial charge in [0.15, 0.2) is 0 Å². The molecule has 0 fully saturated rings. The highest BCUT2D eigenvalue weighted by molar-refractivity contribution is 6.31. The van der Waals surface area contributed by atoms with Crippen molar-refractivity contribution in [1.82, 2.24) is 25.9 Å². The van der Waals surface area contributed by atoms with Crippen LogP contribution in [0.3, 0.4) is 0 Å². The highest BCUT2D eigenvalue weighted by atomic mass is 35.5. The third-order valence-electron chi connectivity index (χ3n) is 5.34. The molecule has 0 bridgehead atoms. The van der Waals surface area contributed by atoms with E-state index in [1.807, 2.05) is 24.3 Å². The summed E-state index contributed by atoms with van der Waals surface area (Å²) in [6.45, 7) is -1.06. The molecule has 0 aliphatic rings. The molecule has 1 heterocycles.